The van der Waals surface area contributed by atoms with Crippen molar-refractivity contribution in [3.8, 4) is 0 Å². The van der Waals surface area contributed by atoms with Crippen LogP contribution in [0.2, 0.25) is 0 Å². The molecule has 1 aliphatic rings. The van der Waals surface area contributed by atoms with Crippen molar-refractivity contribution in [1.29, 1.82) is 0 Å². The lowest BCUT2D eigenvalue weighted by atomic mass is 9.51. The van der Waals surface area contributed by atoms with Gasteiger partial charge in [0.1, 0.15) is 5.60 Å². The average Bonchev–Trinajstić information content (AvgIpc) is 2.57. The van der Waals surface area contributed by atoms with Gasteiger partial charge < -0.3 is 14.6 Å². The van der Waals surface area contributed by atoms with Gasteiger partial charge in [-0.15, -0.1) is 0 Å². The molecule has 1 aliphatic carbocycles. The van der Waals surface area contributed by atoms with Gasteiger partial charge in [0.2, 0.25) is 0 Å². The Balaban J connectivity index is 3.23. The summed E-state index contributed by atoms with van der Waals surface area (Å²) in [5.74, 6) is -2.07. The number of carboxylic acids is 1. The minimum atomic E-state index is -0.840. The molecule has 1 fully saturated rings. The van der Waals surface area contributed by atoms with Gasteiger partial charge in [0, 0.05) is 13.3 Å². The molecule has 1 N–H and O–H groups in total. The normalized spacial score (nSPS) is 27.3. The number of hydrogen-bond acceptors (Lipinski definition) is 5. The van der Waals surface area contributed by atoms with Crippen LogP contribution in [-0.2, 0) is 23.9 Å². The van der Waals surface area contributed by atoms with E-state index in [4.69, 9.17) is 9.47 Å². The second-order valence-corrected chi connectivity index (χ2v) is 9.51. The van der Waals surface area contributed by atoms with Gasteiger partial charge in [0.15, 0.2) is 0 Å². The summed E-state index contributed by atoms with van der Waals surface area (Å²) in [5, 5.41) is 9.53. The summed E-state index contributed by atoms with van der Waals surface area (Å²) in [6, 6.07) is 0. The molecular weight excluding hydrogens is 360 g/mol. The lowest BCUT2D eigenvalue weighted by molar-refractivity contribution is -0.164. The van der Waals surface area contributed by atoms with Gasteiger partial charge >= 0.3 is 17.9 Å². The third-order valence-corrected chi connectivity index (χ3v) is 7.04. The van der Waals surface area contributed by atoms with Crippen molar-refractivity contribution in [3.05, 3.63) is 0 Å². The SMILES string of the molecule is CC[C@@](C)(CC[C@@H](C(=O)OC)[C@@]1(C)CCCC(C)(C)[C@@H]1CC(=O)O)OC(C)=O. The van der Waals surface area contributed by atoms with E-state index in [9.17, 15) is 19.5 Å². The molecule has 0 radical (unpaired) electrons. The lowest BCUT2D eigenvalue weighted by Gasteiger charge is -2.53. The fraction of sp³-hybridized carbons (Fsp3) is 0.864. The Hall–Kier alpha value is -1.59. The summed E-state index contributed by atoms with van der Waals surface area (Å²) in [6.45, 7) is 11.5. The second kappa shape index (κ2) is 9.27. The summed E-state index contributed by atoms with van der Waals surface area (Å²) in [6.07, 6.45) is 4.36. The molecule has 0 aromatic carbocycles. The van der Waals surface area contributed by atoms with Crippen LogP contribution >= 0.6 is 0 Å². The number of rotatable bonds is 9. The Labute approximate surface area is 169 Å². The zero-order chi connectivity index (χ0) is 21.8. The number of carbonyl (C=O) groups excluding carboxylic acids is 2. The molecule has 1 rings (SSSR count). The summed E-state index contributed by atoms with van der Waals surface area (Å²) in [5.41, 5.74) is -1.32. The highest BCUT2D eigenvalue weighted by molar-refractivity contribution is 5.74. The van der Waals surface area contributed by atoms with E-state index in [0.717, 1.165) is 19.3 Å². The van der Waals surface area contributed by atoms with Gasteiger partial charge in [-0.2, -0.15) is 0 Å². The third-order valence-electron chi connectivity index (χ3n) is 7.04. The Morgan fingerprint density at radius 1 is 1.21 bits per heavy atom. The van der Waals surface area contributed by atoms with E-state index in [2.05, 4.69) is 13.8 Å². The van der Waals surface area contributed by atoms with E-state index in [1.54, 1.807) is 0 Å². The molecule has 4 atom stereocenters. The van der Waals surface area contributed by atoms with Crippen molar-refractivity contribution in [3.63, 3.8) is 0 Å². The lowest BCUT2D eigenvalue weighted by Crippen LogP contribution is -2.50. The molecule has 6 nitrogen and oxygen atoms in total. The monoisotopic (exact) mass is 398 g/mol. The van der Waals surface area contributed by atoms with Crippen molar-refractivity contribution in [1.82, 2.24) is 0 Å². The maximum Gasteiger partial charge on any atom is 0.309 e. The number of hydrogen-bond donors (Lipinski definition) is 1. The van der Waals surface area contributed by atoms with Crippen molar-refractivity contribution in [2.24, 2.45) is 22.7 Å². The first-order valence-corrected chi connectivity index (χ1v) is 10.3. The predicted octanol–water partition coefficient (Wildman–Crippen LogP) is 4.59. The predicted molar refractivity (Wildman–Crippen MR) is 107 cm³/mol. The van der Waals surface area contributed by atoms with Crippen LogP contribution in [0.5, 0.6) is 0 Å². The Bertz CT molecular complexity index is 584. The summed E-state index contributed by atoms with van der Waals surface area (Å²) in [4.78, 5) is 35.9. The molecule has 0 aromatic heterocycles. The van der Waals surface area contributed by atoms with Crippen LogP contribution < -0.4 is 0 Å². The minimum absolute atomic E-state index is 0.0337. The summed E-state index contributed by atoms with van der Waals surface area (Å²) in [7, 11) is 1.38. The van der Waals surface area contributed by atoms with Crippen molar-refractivity contribution in [2.45, 2.75) is 92.1 Å². The van der Waals surface area contributed by atoms with E-state index in [0.29, 0.717) is 19.3 Å². The fourth-order valence-electron chi connectivity index (χ4n) is 5.22. The maximum absolute atomic E-state index is 12.8. The standard InChI is InChI=1S/C22H38O6/c1-8-21(5,28-15(2)23)13-10-16(19(26)27-7)22(6)12-9-11-20(3,4)17(22)14-18(24)25/h16-17H,8-14H2,1-7H3,(H,24,25)/t16-,17-,21-,22+/m0/s1. The molecule has 0 spiro atoms. The highest BCUT2D eigenvalue weighted by atomic mass is 16.6. The molecule has 0 heterocycles. The molecule has 0 unspecified atom stereocenters. The molecule has 0 amide bonds. The molecule has 0 saturated heterocycles. The minimum Gasteiger partial charge on any atom is -0.481 e. The van der Waals surface area contributed by atoms with Crippen LogP contribution in [-0.4, -0.2) is 35.7 Å². The van der Waals surface area contributed by atoms with E-state index < -0.39 is 22.9 Å². The smallest absolute Gasteiger partial charge is 0.309 e. The Morgan fingerprint density at radius 2 is 1.82 bits per heavy atom. The second-order valence-electron chi connectivity index (χ2n) is 9.51. The Morgan fingerprint density at radius 3 is 2.29 bits per heavy atom. The largest absolute Gasteiger partial charge is 0.481 e. The third kappa shape index (κ3) is 5.71. The number of ether oxygens (including phenoxy) is 2. The number of methoxy groups -OCH3 is 1. The molecule has 162 valence electrons. The molecule has 1 saturated carbocycles. The van der Waals surface area contributed by atoms with E-state index >= 15 is 0 Å². The van der Waals surface area contributed by atoms with Gasteiger partial charge in [0.25, 0.3) is 0 Å². The van der Waals surface area contributed by atoms with Gasteiger partial charge in [-0.1, -0.05) is 34.1 Å². The van der Waals surface area contributed by atoms with Crippen molar-refractivity contribution in [2.75, 3.05) is 7.11 Å². The number of carboxylic acid groups (broad SMARTS) is 1. The maximum atomic E-state index is 12.8. The molecule has 0 aliphatic heterocycles. The first-order chi connectivity index (χ1) is 12.8. The first-order valence-electron chi connectivity index (χ1n) is 10.3. The molecule has 0 aromatic rings. The van der Waals surface area contributed by atoms with E-state index in [1.165, 1.54) is 14.0 Å². The van der Waals surface area contributed by atoms with Gasteiger partial charge in [-0.3, -0.25) is 14.4 Å². The average molecular weight is 399 g/mol. The van der Waals surface area contributed by atoms with Crippen LogP contribution in [0.25, 0.3) is 0 Å². The topological polar surface area (TPSA) is 89.9 Å². The van der Waals surface area contributed by atoms with Crippen LogP contribution in [0.4, 0.5) is 0 Å². The summed E-state index contributed by atoms with van der Waals surface area (Å²) >= 11 is 0. The van der Waals surface area contributed by atoms with Crippen LogP contribution in [0.15, 0.2) is 0 Å². The van der Waals surface area contributed by atoms with Gasteiger partial charge in [-0.25, -0.2) is 0 Å². The Kier molecular flexibility index (Phi) is 8.10. The van der Waals surface area contributed by atoms with Gasteiger partial charge in [-0.05, 0) is 55.8 Å². The van der Waals surface area contributed by atoms with Crippen LogP contribution in [0.1, 0.15) is 86.5 Å². The van der Waals surface area contributed by atoms with E-state index in [-0.39, 0.29) is 29.7 Å². The fourth-order valence-corrected chi connectivity index (χ4v) is 5.22. The summed E-state index contributed by atoms with van der Waals surface area (Å²) < 4.78 is 10.7. The number of aliphatic carboxylic acids is 1. The van der Waals surface area contributed by atoms with Crippen LogP contribution in [0, 0.1) is 22.7 Å². The highest BCUT2D eigenvalue weighted by Crippen LogP contribution is 2.57. The highest BCUT2D eigenvalue weighted by Gasteiger charge is 2.53. The van der Waals surface area contributed by atoms with Gasteiger partial charge in [0.05, 0.1) is 13.0 Å². The zero-order valence-electron chi connectivity index (χ0n) is 18.6. The van der Waals surface area contributed by atoms with Crippen molar-refractivity contribution >= 4 is 17.9 Å². The quantitative estimate of drug-likeness (QED) is 0.571. The molecule has 0 bridgehead atoms. The zero-order valence-corrected chi connectivity index (χ0v) is 18.6. The molecule has 28 heavy (non-hydrogen) atoms. The van der Waals surface area contributed by atoms with Crippen molar-refractivity contribution < 1.29 is 29.0 Å². The van der Waals surface area contributed by atoms with E-state index in [1.807, 2.05) is 20.8 Å². The number of carbonyl (C=O) groups is 3. The molecule has 6 heteroatoms. The number of esters is 2. The van der Waals surface area contributed by atoms with Crippen LogP contribution in [0.3, 0.4) is 0 Å². The first kappa shape index (κ1) is 24.4. The molecular formula is C22H38O6.